The van der Waals surface area contributed by atoms with Crippen LogP contribution in [0, 0.1) is 0 Å². The van der Waals surface area contributed by atoms with Gasteiger partial charge in [-0.05, 0) is 55.2 Å². The standard InChI is InChI=1S/C25H28N2O5/c1-16-18-13-22-23(32-11-10-31-22)14-19(18)25(6-2-3-7-25)15-27(16)24(28)26-17-4-5-20-21(12-17)30-9-8-29-20/h4-5,12-14,16H,2-3,6-11,15H2,1H3,(H,26,28). The number of rotatable bonds is 1. The number of carbonyl (C=O) groups is 1. The van der Waals surface area contributed by atoms with Gasteiger partial charge in [0.15, 0.2) is 23.0 Å². The third-order valence-electron chi connectivity index (χ3n) is 7.29. The Bertz CT molecular complexity index is 1060. The molecule has 1 saturated carbocycles. The van der Waals surface area contributed by atoms with Crippen LogP contribution < -0.4 is 24.3 Å². The van der Waals surface area contributed by atoms with Gasteiger partial charge in [0, 0.05) is 23.7 Å². The molecule has 0 radical (unpaired) electrons. The van der Waals surface area contributed by atoms with Gasteiger partial charge in [0.1, 0.15) is 26.4 Å². The molecule has 7 heteroatoms. The number of ether oxygens (including phenoxy) is 4. The molecule has 3 aliphatic heterocycles. The molecule has 2 aromatic rings. The van der Waals surface area contributed by atoms with Crippen LogP contribution in [-0.2, 0) is 5.41 Å². The van der Waals surface area contributed by atoms with E-state index in [2.05, 4.69) is 24.4 Å². The Morgan fingerprint density at radius 1 is 0.906 bits per heavy atom. The van der Waals surface area contributed by atoms with Gasteiger partial charge in [-0.15, -0.1) is 0 Å². The van der Waals surface area contributed by atoms with Crippen molar-refractivity contribution in [3.8, 4) is 23.0 Å². The molecule has 1 spiro atoms. The second kappa shape index (κ2) is 7.50. The zero-order valence-corrected chi connectivity index (χ0v) is 18.3. The molecule has 4 aliphatic rings. The summed E-state index contributed by atoms with van der Waals surface area (Å²) in [7, 11) is 0. The molecule has 0 aromatic heterocycles. The van der Waals surface area contributed by atoms with E-state index in [0.29, 0.717) is 50.2 Å². The van der Waals surface area contributed by atoms with E-state index in [4.69, 9.17) is 18.9 Å². The molecule has 6 rings (SSSR count). The maximum atomic E-state index is 13.5. The van der Waals surface area contributed by atoms with Gasteiger partial charge < -0.3 is 29.2 Å². The summed E-state index contributed by atoms with van der Waals surface area (Å²) in [6, 6.07) is 9.66. The molecule has 2 amide bonds. The number of amides is 2. The molecular weight excluding hydrogens is 408 g/mol. The topological polar surface area (TPSA) is 69.3 Å². The lowest BCUT2D eigenvalue weighted by Crippen LogP contribution is -2.50. The number of anilines is 1. The Balaban J connectivity index is 1.32. The zero-order valence-electron chi connectivity index (χ0n) is 18.3. The predicted octanol–water partition coefficient (Wildman–Crippen LogP) is 4.65. The van der Waals surface area contributed by atoms with Crippen LogP contribution in [0.1, 0.15) is 49.8 Å². The van der Waals surface area contributed by atoms with Crippen molar-refractivity contribution in [1.82, 2.24) is 4.90 Å². The summed E-state index contributed by atoms with van der Waals surface area (Å²) in [6.07, 6.45) is 4.53. The minimum Gasteiger partial charge on any atom is -0.486 e. The molecule has 32 heavy (non-hydrogen) atoms. The van der Waals surface area contributed by atoms with Gasteiger partial charge in [0.05, 0.1) is 6.04 Å². The maximum absolute atomic E-state index is 13.5. The fraction of sp³-hybridized carbons (Fsp3) is 0.480. The van der Waals surface area contributed by atoms with Crippen LogP contribution >= 0.6 is 0 Å². The lowest BCUT2D eigenvalue weighted by atomic mass is 9.71. The summed E-state index contributed by atoms with van der Waals surface area (Å²) in [4.78, 5) is 15.4. The molecule has 2 aromatic carbocycles. The molecular formula is C25H28N2O5. The highest BCUT2D eigenvalue weighted by atomic mass is 16.6. The van der Waals surface area contributed by atoms with Crippen LogP contribution in [0.2, 0.25) is 0 Å². The van der Waals surface area contributed by atoms with Crippen LogP contribution in [0.4, 0.5) is 10.5 Å². The molecule has 1 unspecified atom stereocenters. The summed E-state index contributed by atoms with van der Waals surface area (Å²) < 4.78 is 23.0. The van der Waals surface area contributed by atoms with Gasteiger partial charge in [0.2, 0.25) is 0 Å². The van der Waals surface area contributed by atoms with Gasteiger partial charge in [-0.3, -0.25) is 0 Å². The van der Waals surface area contributed by atoms with Crippen LogP contribution in [0.5, 0.6) is 23.0 Å². The monoisotopic (exact) mass is 436 g/mol. The number of hydrogen-bond acceptors (Lipinski definition) is 5. The molecule has 0 saturated heterocycles. The fourth-order valence-electron chi connectivity index (χ4n) is 5.67. The van der Waals surface area contributed by atoms with Crippen LogP contribution in [0.15, 0.2) is 30.3 Å². The Kier molecular flexibility index (Phi) is 4.59. The van der Waals surface area contributed by atoms with Crippen molar-refractivity contribution in [2.75, 3.05) is 38.3 Å². The normalized spacial score (nSPS) is 22.4. The third kappa shape index (κ3) is 3.14. The van der Waals surface area contributed by atoms with Gasteiger partial charge in [-0.2, -0.15) is 0 Å². The second-order valence-electron chi connectivity index (χ2n) is 9.16. The molecule has 1 fully saturated rings. The van der Waals surface area contributed by atoms with Crippen molar-refractivity contribution in [3.05, 3.63) is 41.5 Å². The first-order valence-corrected chi connectivity index (χ1v) is 11.5. The van der Waals surface area contributed by atoms with Crippen LogP contribution in [0.3, 0.4) is 0 Å². The quantitative estimate of drug-likeness (QED) is 0.705. The number of urea groups is 1. The van der Waals surface area contributed by atoms with E-state index in [1.807, 2.05) is 23.1 Å². The number of nitrogens with one attached hydrogen (secondary N) is 1. The molecule has 1 aliphatic carbocycles. The minimum atomic E-state index is -0.0963. The van der Waals surface area contributed by atoms with E-state index in [1.54, 1.807) is 0 Å². The van der Waals surface area contributed by atoms with Crippen molar-refractivity contribution in [2.45, 2.75) is 44.1 Å². The summed E-state index contributed by atoms with van der Waals surface area (Å²) in [5.74, 6) is 3.00. The molecule has 1 atom stereocenters. The number of nitrogens with zero attached hydrogens (tertiary/aromatic N) is 1. The number of hydrogen-bond donors (Lipinski definition) is 1. The van der Waals surface area contributed by atoms with E-state index in [0.717, 1.165) is 24.3 Å². The van der Waals surface area contributed by atoms with Crippen molar-refractivity contribution in [3.63, 3.8) is 0 Å². The van der Waals surface area contributed by atoms with Gasteiger partial charge in [-0.25, -0.2) is 4.79 Å². The maximum Gasteiger partial charge on any atom is 0.322 e. The summed E-state index contributed by atoms with van der Waals surface area (Å²) in [5, 5.41) is 3.09. The van der Waals surface area contributed by atoms with Crippen LogP contribution in [-0.4, -0.2) is 43.9 Å². The third-order valence-corrected chi connectivity index (χ3v) is 7.29. The Morgan fingerprint density at radius 3 is 2.25 bits per heavy atom. The molecule has 0 bridgehead atoms. The number of carbonyl (C=O) groups excluding carboxylic acids is 1. The first-order valence-electron chi connectivity index (χ1n) is 11.5. The highest BCUT2D eigenvalue weighted by Gasteiger charge is 2.46. The predicted molar refractivity (Wildman–Crippen MR) is 119 cm³/mol. The van der Waals surface area contributed by atoms with E-state index < -0.39 is 0 Å². The highest BCUT2D eigenvalue weighted by Crippen LogP contribution is 2.52. The Hall–Kier alpha value is -3.09. The zero-order chi connectivity index (χ0) is 21.7. The molecule has 7 nitrogen and oxygen atoms in total. The summed E-state index contributed by atoms with van der Waals surface area (Å²) >= 11 is 0. The first-order chi connectivity index (χ1) is 15.6. The second-order valence-corrected chi connectivity index (χ2v) is 9.16. The number of fused-ring (bicyclic) bond motifs is 4. The summed E-state index contributed by atoms with van der Waals surface area (Å²) in [6.45, 7) is 5.00. The van der Waals surface area contributed by atoms with E-state index >= 15 is 0 Å². The van der Waals surface area contributed by atoms with E-state index in [9.17, 15) is 4.79 Å². The van der Waals surface area contributed by atoms with Crippen molar-refractivity contribution in [1.29, 1.82) is 0 Å². The van der Waals surface area contributed by atoms with Gasteiger partial charge in [-0.1, -0.05) is 12.8 Å². The summed E-state index contributed by atoms with van der Waals surface area (Å²) in [5.41, 5.74) is 3.18. The SMILES string of the molecule is CC1c2cc3c(cc2C2(CCCC2)CN1C(=O)Nc1ccc2c(c1)OCCO2)OCCO3. The van der Waals surface area contributed by atoms with Crippen molar-refractivity contribution in [2.24, 2.45) is 0 Å². The lowest BCUT2D eigenvalue weighted by Gasteiger charge is -2.46. The van der Waals surface area contributed by atoms with E-state index in [-0.39, 0.29) is 17.5 Å². The van der Waals surface area contributed by atoms with Crippen molar-refractivity contribution >= 4 is 11.7 Å². The van der Waals surface area contributed by atoms with Gasteiger partial charge >= 0.3 is 6.03 Å². The Morgan fingerprint density at radius 2 is 1.53 bits per heavy atom. The van der Waals surface area contributed by atoms with Gasteiger partial charge in [0.25, 0.3) is 0 Å². The average molecular weight is 437 g/mol. The molecule has 1 N–H and O–H groups in total. The highest BCUT2D eigenvalue weighted by molar-refractivity contribution is 5.90. The number of benzene rings is 2. The smallest absolute Gasteiger partial charge is 0.322 e. The largest absolute Gasteiger partial charge is 0.486 e. The average Bonchev–Trinajstić information content (AvgIpc) is 3.30. The fourth-order valence-corrected chi connectivity index (χ4v) is 5.67. The van der Waals surface area contributed by atoms with Crippen molar-refractivity contribution < 1.29 is 23.7 Å². The van der Waals surface area contributed by atoms with E-state index in [1.165, 1.54) is 24.0 Å². The van der Waals surface area contributed by atoms with Crippen LogP contribution in [0.25, 0.3) is 0 Å². The first kappa shape index (κ1) is 19.6. The molecule has 168 valence electrons. The minimum absolute atomic E-state index is 0.0260. The lowest BCUT2D eigenvalue weighted by molar-refractivity contribution is 0.149. The molecule has 3 heterocycles. The Labute approximate surface area is 187 Å².